The second kappa shape index (κ2) is 10.7. The fourth-order valence-corrected chi connectivity index (χ4v) is 6.06. The van der Waals surface area contributed by atoms with E-state index in [2.05, 4.69) is 10.0 Å². The summed E-state index contributed by atoms with van der Waals surface area (Å²) < 4.78 is 41.0. The maximum Gasteiger partial charge on any atom is 0.412 e. The van der Waals surface area contributed by atoms with Crippen LogP contribution in [0.1, 0.15) is 27.8 Å². The first kappa shape index (κ1) is 26.7. The number of carbonyl (C=O) groups is 1. The smallest absolute Gasteiger partial charge is 0.412 e. The highest BCUT2D eigenvalue weighted by Crippen LogP contribution is 2.32. The molecule has 0 spiro atoms. The lowest BCUT2D eigenvalue weighted by Gasteiger charge is -2.28. The number of nitrogens with zero attached hydrogens (tertiary/aromatic N) is 1. The molecule has 0 saturated heterocycles. The zero-order chi connectivity index (χ0) is 27.7. The van der Waals surface area contributed by atoms with Gasteiger partial charge in [-0.05, 0) is 53.8 Å². The molecule has 5 rings (SSSR count). The molecule has 202 valence electrons. The minimum absolute atomic E-state index is 0.0657. The van der Waals surface area contributed by atoms with E-state index in [4.69, 9.17) is 20.8 Å². The molecule has 39 heavy (non-hydrogen) atoms. The number of hydrogen-bond acceptors (Lipinski definition) is 6. The highest BCUT2D eigenvalue weighted by atomic mass is 35.5. The van der Waals surface area contributed by atoms with Gasteiger partial charge in [-0.25, -0.2) is 9.59 Å². The van der Waals surface area contributed by atoms with Crippen molar-refractivity contribution >= 4 is 44.6 Å². The Balaban J connectivity index is 1.38. The van der Waals surface area contributed by atoms with E-state index in [1.165, 1.54) is 17.4 Å². The fraction of sp³-hybridized carbons (Fsp3) is 0.214. The van der Waals surface area contributed by atoms with E-state index >= 15 is 0 Å². The third-order valence-corrected chi connectivity index (χ3v) is 8.52. The van der Waals surface area contributed by atoms with Crippen LogP contribution in [0.15, 0.2) is 69.9 Å². The molecular weight excluding hydrogens is 542 g/mol. The zero-order valence-corrected chi connectivity index (χ0v) is 22.9. The molecule has 0 fully saturated rings. The van der Waals surface area contributed by atoms with Gasteiger partial charge in [-0.3, -0.25) is 4.72 Å². The van der Waals surface area contributed by atoms with E-state index in [0.717, 1.165) is 16.7 Å². The molecule has 4 aromatic rings. The lowest BCUT2D eigenvalue weighted by Crippen LogP contribution is -2.39. The van der Waals surface area contributed by atoms with Gasteiger partial charge in [0.15, 0.2) is 5.75 Å². The Labute approximate surface area is 230 Å². The number of benzene rings is 3. The quantitative estimate of drug-likeness (QED) is 0.324. The van der Waals surface area contributed by atoms with Gasteiger partial charge in [-0.2, -0.15) is 12.7 Å². The summed E-state index contributed by atoms with van der Waals surface area (Å²) in [7, 11) is -2.37. The summed E-state index contributed by atoms with van der Waals surface area (Å²) in [4.78, 5) is 24.5. The van der Waals surface area contributed by atoms with Crippen molar-refractivity contribution in [2.75, 3.05) is 18.3 Å². The maximum atomic E-state index is 13.1. The van der Waals surface area contributed by atoms with Crippen LogP contribution in [-0.4, -0.2) is 32.4 Å². The Bertz CT molecular complexity index is 1750. The van der Waals surface area contributed by atoms with Gasteiger partial charge in [0.05, 0.1) is 10.7 Å². The Morgan fingerprint density at radius 1 is 1.10 bits per heavy atom. The summed E-state index contributed by atoms with van der Waals surface area (Å²) >= 11 is 6.31. The largest absolute Gasteiger partial charge is 0.422 e. The summed E-state index contributed by atoms with van der Waals surface area (Å²) in [5, 5.41) is 3.12. The molecule has 0 aliphatic carbocycles. The van der Waals surface area contributed by atoms with Gasteiger partial charge in [0.25, 0.3) is 0 Å². The van der Waals surface area contributed by atoms with Crippen molar-refractivity contribution < 1.29 is 22.4 Å². The van der Waals surface area contributed by atoms with Crippen LogP contribution in [0.2, 0.25) is 5.02 Å². The average Bonchev–Trinajstić information content (AvgIpc) is 2.91. The number of anilines is 1. The number of amides is 1. The number of ether oxygens (including phenoxy) is 1. The minimum Gasteiger partial charge on any atom is -0.422 e. The van der Waals surface area contributed by atoms with Gasteiger partial charge in [-0.1, -0.05) is 48.0 Å². The van der Waals surface area contributed by atoms with E-state index in [9.17, 15) is 18.0 Å². The summed E-state index contributed by atoms with van der Waals surface area (Å²) in [5.41, 5.74) is 4.02. The number of aryl methyl sites for hydroxylation is 1. The number of halogens is 1. The van der Waals surface area contributed by atoms with Gasteiger partial charge >= 0.3 is 21.9 Å². The van der Waals surface area contributed by atoms with Crippen LogP contribution in [0, 0.1) is 6.92 Å². The predicted molar refractivity (Wildman–Crippen MR) is 150 cm³/mol. The lowest BCUT2D eigenvalue weighted by molar-refractivity contribution is 0.203. The fourth-order valence-electron chi connectivity index (χ4n) is 4.66. The summed E-state index contributed by atoms with van der Waals surface area (Å²) in [5.74, 6) is 0.0657. The molecule has 3 aromatic carbocycles. The first-order chi connectivity index (χ1) is 18.6. The van der Waals surface area contributed by atoms with E-state index in [1.54, 1.807) is 31.2 Å². The highest BCUT2D eigenvalue weighted by molar-refractivity contribution is 7.90. The second-order valence-corrected chi connectivity index (χ2v) is 11.3. The Morgan fingerprint density at radius 3 is 2.64 bits per heavy atom. The van der Waals surface area contributed by atoms with E-state index in [-0.39, 0.29) is 22.8 Å². The van der Waals surface area contributed by atoms with Crippen molar-refractivity contribution in [2.45, 2.75) is 26.3 Å². The van der Waals surface area contributed by atoms with Gasteiger partial charge in [-0.15, -0.1) is 0 Å². The molecule has 9 nitrogen and oxygen atoms in total. The second-order valence-electron chi connectivity index (χ2n) is 9.25. The number of nitrogens with one attached hydrogen (secondary N) is 2. The van der Waals surface area contributed by atoms with Crippen molar-refractivity contribution in [1.82, 2.24) is 9.62 Å². The van der Waals surface area contributed by atoms with Crippen molar-refractivity contribution in [1.29, 1.82) is 0 Å². The number of rotatable bonds is 6. The highest BCUT2D eigenvalue weighted by Gasteiger charge is 2.26. The third-order valence-electron chi connectivity index (χ3n) is 6.74. The molecule has 11 heteroatoms. The molecule has 1 aliphatic heterocycles. The van der Waals surface area contributed by atoms with Crippen LogP contribution >= 0.6 is 11.6 Å². The van der Waals surface area contributed by atoms with Gasteiger partial charge < -0.3 is 14.5 Å². The number of fused-ring (bicyclic) bond motifs is 2. The minimum atomic E-state index is -3.79. The molecule has 2 heterocycles. The molecule has 1 aliphatic rings. The van der Waals surface area contributed by atoms with Crippen LogP contribution in [0.25, 0.3) is 11.0 Å². The normalized spacial score (nSPS) is 13.6. The van der Waals surface area contributed by atoms with Crippen LogP contribution in [0.5, 0.6) is 5.75 Å². The van der Waals surface area contributed by atoms with Gasteiger partial charge in [0.2, 0.25) is 0 Å². The zero-order valence-electron chi connectivity index (χ0n) is 21.3. The first-order valence-corrected chi connectivity index (χ1v) is 14.1. The molecule has 0 saturated carbocycles. The molecule has 0 bridgehead atoms. The first-order valence-electron chi connectivity index (χ1n) is 12.2. The van der Waals surface area contributed by atoms with E-state index in [0.29, 0.717) is 41.7 Å². The van der Waals surface area contributed by atoms with E-state index in [1.807, 2.05) is 30.3 Å². The van der Waals surface area contributed by atoms with Crippen molar-refractivity contribution in [2.24, 2.45) is 0 Å². The molecule has 1 aromatic heterocycles. The summed E-state index contributed by atoms with van der Waals surface area (Å²) in [6.07, 6.45) is 0.162. The number of hydrogen-bond donors (Lipinski definition) is 2. The molecular formula is C28H26ClN3O6S. The van der Waals surface area contributed by atoms with E-state index < -0.39 is 21.9 Å². The standard InChI is InChI=1S/C28H26ClN3O6S/c1-17-22-14-24(29)26(38-28(34)30-2)15-25(22)37-27(33)23(17)13-18-6-5-9-21(12-18)31-39(35,36)32-11-10-19-7-3-4-8-20(19)16-32/h3-9,12,14-15,31H,10-11,13,16H2,1-2H3,(H,30,34). The van der Waals surface area contributed by atoms with Crippen LogP contribution < -0.4 is 20.4 Å². The van der Waals surface area contributed by atoms with Gasteiger partial charge in [0, 0.05) is 43.6 Å². The van der Waals surface area contributed by atoms with Crippen LogP contribution in [0.4, 0.5) is 10.5 Å². The van der Waals surface area contributed by atoms with Crippen LogP contribution in [0.3, 0.4) is 0 Å². The SMILES string of the molecule is CNC(=O)Oc1cc2oc(=O)c(Cc3cccc(NS(=O)(=O)N4CCc5ccccc5C4)c3)c(C)c2cc1Cl. The summed E-state index contributed by atoms with van der Waals surface area (Å²) in [6, 6.07) is 17.7. The molecule has 0 unspecified atom stereocenters. The van der Waals surface area contributed by atoms with Crippen molar-refractivity contribution in [3.63, 3.8) is 0 Å². The predicted octanol–water partition coefficient (Wildman–Crippen LogP) is 4.78. The average molecular weight is 568 g/mol. The molecule has 0 radical (unpaired) electrons. The monoisotopic (exact) mass is 567 g/mol. The number of carbonyl (C=O) groups excluding carboxylic acids is 1. The van der Waals surface area contributed by atoms with Gasteiger partial charge in [0.1, 0.15) is 5.58 Å². The Kier molecular flexibility index (Phi) is 7.35. The topological polar surface area (TPSA) is 118 Å². The van der Waals surface area contributed by atoms with Crippen molar-refractivity contribution in [3.8, 4) is 5.75 Å². The molecule has 0 atom stereocenters. The van der Waals surface area contributed by atoms with Crippen LogP contribution in [-0.2, 0) is 29.6 Å². The van der Waals surface area contributed by atoms with Crippen molar-refractivity contribution in [3.05, 3.63) is 104 Å². The molecule has 2 N–H and O–H groups in total. The molecule has 1 amide bonds. The third kappa shape index (κ3) is 5.63. The Hall–Kier alpha value is -3.86. The lowest BCUT2D eigenvalue weighted by atomic mass is 9.99. The Morgan fingerprint density at radius 2 is 1.87 bits per heavy atom. The maximum absolute atomic E-state index is 13.1. The summed E-state index contributed by atoms with van der Waals surface area (Å²) in [6.45, 7) is 2.48.